The molecule has 1 atom stereocenters. The topological polar surface area (TPSA) is 67.1 Å². The van der Waals surface area contributed by atoms with Crippen LogP contribution in [0.3, 0.4) is 0 Å². The van der Waals surface area contributed by atoms with E-state index < -0.39 is 0 Å². The molecule has 1 unspecified atom stereocenters. The van der Waals surface area contributed by atoms with Gasteiger partial charge in [-0.05, 0) is 26.5 Å². The lowest BCUT2D eigenvalue weighted by Gasteiger charge is -2.28. The Kier molecular flexibility index (Phi) is 5.50. The first-order valence-corrected chi connectivity index (χ1v) is 7.05. The predicted molar refractivity (Wildman–Crippen MR) is 74.4 cm³/mol. The average Bonchev–Trinajstić information content (AvgIpc) is 2.38. The van der Waals surface area contributed by atoms with Crippen molar-refractivity contribution in [2.45, 2.75) is 38.4 Å². The summed E-state index contributed by atoms with van der Waals surface area (Å²) in [6, 6.07) is 2.34. The molecule has 5 nitrogen and oxygen atoms in total. The van der Waals surface area contributed by atoms with Crippen molar-refractivity contribution in [2.75, 3.05) is 23.1 Å². The van der Waals surface area contributed by atoms with Gasteiger partial charge in [0.05, 0.1) is 0 Å². The number of nitrogen functional groups attached to an aromatic ring is 1. The molecule has 6 heteroatoms. The first kappa shape index (κ1) is 14.1. The maximum absolute atomic E-state index is 5.42. The first-order valence-electron chi connectivity index (χ1n) is 5.82. The average molecular weight is 255 g/mol. The number of aromatic nitrogens is 2. The fourth-order valence-corrected chi connectivity index (χ4v) is 2.02. The van der Waals surface area contributed by atoms with Crippen LogP contribution in [0.4, 0.5) is 11.6 Å². The van der Waals surface area contributed by atoms with E-state index in [4.69, 9.17) is 5.84 Å². The van der Waals surface area contributed by atoms with Gasteiger partial charge in [0.1, 0.15) is 11.6 Å². The molecule has 1 aromatic rings. The molecule has 0 saturated heterocycles. The van der Waals surface area contributed by atoms with Crippen molar-refractivity contribution in [3.63, 3.8) is 0 Å². The summed E-state index contributed by atoms with van der Waals surface area (Å²) in [7, 11) is 0. The molecule has 0 aliphatic carbocycles. The minimum absolute atomic E-state index is 0.454. The number of rotatable bonds is 6. The highest BCUT2D eigenvalue weighted by Gasteiger charge is 2.14. The Morgan fingerprint density at radius 3 is 2.65 bits per heavy atom. The van der Waals surface area contributed by atoms with E-state index in [1.807, 2.05) is 12.3 Å². The van der Waals surface area contributed by atoms with Crippen molar-refractivity contribution in [3.05, 3.63) is 6.07 Å². The molecule has 0 aromatic carbocycles. The van der Waals surface area contributed by atoms with E-state index in [0.29, 0.717) is 11.9 Å². The van der Waals surface area contributed by atoms with Gasteiger partial charge in [0.25, 0.3) is 0 Å². The fraction of sp³-hybridized carbons (Fsp3) is 0.636. The van der Waals surface area contributed by atoms with E-state index >= 15 is 0 Å². The molecule has 0 saturated carbocycles. The Bertz CT molecular complexity index is 335. The summed E-state index contributed by atoms with van der Waals surface area (Å²) in [4.78, 5) is 11.0. The molecule has 96 valence electrons. The lowest BCUT2D eigenvalue weighted by molar-refractivity contribution is 0.619. The van der Waals surface area contributed by atoms with Crippen molar-refractivity contribution in [2.24, 2.45) is 5.84 Å². The van der Waals surface area contributed by atoms with Gasteiger partial charge in [-0.2, -0.15) is 0 Å². The molecule has 0 amide bonds. The number of anilines is 2. The highest BCUT2D eigenvalue weighted by molar-refractivity contribution is 7.98. The van der Waals surface area contributed by atoms with E-state index in [0.717, 1.165) is 23.9 Å². The van der Waals surface area contributed by atoms with Crippen molar-refractivity contribution < 1.29 is 0 Å². The SMILES string of the molecule is CCC(C)N(CC)c1cc(NN)nc(SC)n1. The molecular formula is C11H21N5S. The number of hydrazine groups is 1. The monoisotopic (exact) mass is 255 g/mol. The maximum Gasteiger partial charge on any atom is 0.191 e. The van der Waals surface area contributed by atoms with Crippen LogP contribution >= 0.6 is 11.8 Å². The quantitative estimate of drug-likeness (QED) is 0.351. The zero-order valence-corrected chi connectivity index (χ0v) is 11.7. The van der Waals surface area contributed by atoms with Crippen LogP contribution in [0.15, 0.2) is 11.2 Å². The van der Waals surface area contributed by atoms with Gasteiger partial charge in [-0.1, -0.05) is 18.7 Å². The third-order valence-corrected chi connectivity index (χ3v) is 3.33. The van der Waals surface area contributed by atoms with E-state index in [9.17, 15) is 0 Å². The Morgan fingerprint density at radius 2 is 2.18 bits per heavy atom. The Morgan fingerprint density at radius 1 is 1.47 bits per heavy atom. The highest BCUT2D eigenvalue weighted by atomic mass is 32.2. The maximum atomic E-state index is 5.42. The van der Waals surface area contributed by atoms with Gasteiger partial charge in [0.15, 0.2) is 5.16 Å². The van der Waals surface area contributed by atoms with Crippen LogP contribution in [0.1, 0.15) is 27.2 Å². The molecule has 0 spiro atoms. The van der Waals surface area contributed by atoms with Crippen LogP contribution in [-0.4, -0.2) is 28.8 Å². The minimum Gasteiger partial charge on any atom is -0.354 e. The van der Waals surface area contributed by atoms with E-state index in [1.54, 1.807) is 0 Å². The van der Waals surface area contributed by atoms with Gasteiger partial charge in [0, 0.05) is 18.7 Å². The number of thioether (sulfide) groups is 1. The number of hydrogen-bond acceptors (Lipinski definition) is 6. The molecule has 17 heavy (non-hydrogen) atoms. The van der Waals surface area contributed by atoms with Crippen molar-refractivity contribution in [1.29, 1.82) is 0 Å². The molecular weight excluding hydrogens is 234 g/mol. The van der Waals surface area contributed by atoms with Gasteiger partial charge >= 0.3 is 0 Å². The molecule has 0 radical (unpaired) electrons. The van der Waals surface area contributed by atoms with Crippen LogP contribution in [0.25, 0.3) is 0 Å². The normalized spacial score (nSPS) is 12.3. The van der Waals surface area contributed by atoms with Crippen LogP contribution in [0.5, 0.6) is 0 Å². The molecule has 1 aromatic heterocycles. The zero-order valence-electron chi connectivity index (χ0n) is 10.9. The smallest absolute Gasteiger partial charge is 0.191 e. The van der Waals surface area contributed by atoms with Gasteiger partial charge in [-0.3, -0.25) is 0 Å². The van der Waals surface area contributed by atoms with Crippen LogP contribution in [0, 0.1) is 0 Å². The van der Waals surface area contributed by atoms with Gasteiger partial charge in [-0.15, -0.1) is 0 Å². The third-order valence-electron chi connectivity index (χ3n) is 2.78. The molecule has 0 aliphatic heterocycles. The number of nitrogens with zero attached hydrogens (tertiary/aromatic N) is 3. The number of hydrogen-bond donors (Lipinski definition) is 2. The predicted octanol–water partition coefficient (Wildman–Crippen LogP) is 2.11. The molecule has 3 N–H and O–H groups in total. The lowest BCUT2D eigenvalue weighted by Crippen LogP contribution is -2.33. The fourth-order valence-electron chi connectivity index (χ4n) is 1.65. The third kappa shape index (κ3) is 3.47. The lowest BCUT2D eigenvalue weighted by atomic mass is 10.2. The van der Waals surface area contributed by atoms with Crippen LogP contribution in [-0.2, 0) is 0 Å². The number of nitrogens with one attached hydrogen (secondary N) is 1. The summed E-state index contributed by atoms with van der Waals surface area (Å²) in [6.45, 7) is 7.42. The zero-order chi connectivity index (χ0) is 12.8. The minimum atomic E-state index is 0.454. The van der Waals surface area contributed by atoms with E-state index in [-0.39, 0.29) is 0 Å². The summed E-state index contributed by atoms with van der Waals surface area (Å²) in [5.74, 6) is 7.00. The van der Waals surface area contributed by atoms with E-state index in [2.05, 4.69) is 41.1 Å². The second-order valence-corrected chi connectivity index (χ2v) is 4.56. The Labute approximate surface area is 107 Å². The highest BCUT2D eigenvalue weighted by Crippen LogP contribution is 2.22. The largest absolute Gasteiger partial charge is 0.354 e. The standard InChI is InChI=1S/C11H21N5S/c1-5-8(3)16(6-2)10-7-9(15-12)13-11(14-10)17-4/h7-8H,5-6,12H2,1-4H3,(H,13,14,15). The second kappa shape index (κ2) is 6.66. The van der Waals surface area contributed by atoms with Crippen molar-refractivity contribution in [1.82, 2.24) is 9.97 Å². The van der Waals surface area contributed by atoms with E-state index in [1.165, 1.54) is 11.8 Å². The number of nitrogens with two attached hydrogens (primary N) is 1. The second-order valence-electron chi connectivity index (χ2n) is 3.79. The van der Waals surface area contributed by atoms with Gasteiger partial charge in [-0.25, -0.2) is 15.8 Å². The van der Waals surface area contributed by atoms with Gasteiger partial charge < -0.3 is 10.3 Å². The van der Waals surface area contributed by atoms with Crippen LogP contribution < -0.4 is 16.2 Å². The van der Waals surface area contributed by atoms with Crippen molar-refractivity contribution >= 4 is 23.4 Å². The summed E-state index contributed by atoms with van der Waals surface area (Å²) >= 11 is 1.52. The molecule has 0 fully saturated rings. The van der Waals surface area contributed by atoms with Crippen molar-refractivity contribution in [3.8, 4) is 0 Å². The summed E-state index contributed by atoms with van der Waals surface area (Å²) in [5.41, 5.74) is 2.59. The Hall–Kier alpha value is -1.01. The summed E-state index contributed by atoms with van der Waals surface area (Å²) < 4.78 is 0. The Balaban J connectivity index is 3.09. The summed E-state index contributed by atoms with van der Waals surface area (Å²) in [5, 5.41) is 0.734. The molecule has 0 bridgehead atoms. The summed E-state index contributed by atoms with van der Waals surface area (Å²) in [6.07, 6.45) is 3.04. The molecule has 0 aliphatic rings. The first-order chi connectivity index (χ1) is 8.15. The molecule has 1 heterocycles. The molecule has 1 rings (SSSR count). The van der Waals surface area contributed by atoms with Gasteiger partial charge in [0.2, 0.25) is 0 Å². The van der Waals surface area contributed by atoms with Crippen LogP contribution in [0.2, 0.25) is 0 Å².